The second-order valence-electron chi connectivity index (χ2n) is 3.95. The first-order chi connectivity index (χ1) is 7.77. The summed E-state index contributed by atoms with van der Waals surface area (Å²) in [4.78, 5) is 17.1. The average Bonchev–Trinajstić information content (AvgIpc) is 2.32. The molecule has 0 bridgehead atoms. The van der Waals surface area contributed by atoms with Crippen LogP contribution in [0.25, 0.3) is 0 Å². The highest BCUT2D eigenvalue weighted by Gasteiger charge is 2.26. The topological polar surface area (TPSA) is 55.6 Å². The molecule has 1 atom stereocenters. The molecule has 2 N–H and O–H groups in total. The van der Waals surface area contributed by atoms with E-state index in [1.165, 1.54) is 5.06 Å². The summed E-state index contributed by atoms with van der Waals surface area (Å²) >= 11 is 0. The van der Waals surface area contributed by atoms with Crippen molar-refractivity contribution in [2.75, 3.05) is 6.54 Å². The van der Waals surface area contributed by atoms with Crippen molar-refractivity contribution in [3.05, 3.63) is 35.9 Å². The molecule has 1 aromatic carbocycles. The Hall–Kier alpha value is -1.39. The van der Waals surface area contributed by atoms with Crippen LogP contribution < -0.4 is 5.73 Å². The Labute approximate surface area is 94.9 Å². The van der Waals surface area contributed by atoms with E-state index in [9.17, 15) is 4.79 Å². The zero-order valence-corrected chi connectivity index (χ0v) is 9.13. The number of carbonyl (C=O) groups excluding carboxylic acids is 1. The lowest BCUT2D eigenvalue weighted by Gasteiger charge is -2.29. The van der Waals surface area contributed by atoms with Crippen LogP contribution in [0.15, 0.2) is 30.3 Å². The average molecular weight is 220 g/mol. The molecule has 4 nitrogen and oxygen atoms in total. The summed E-state index contributed by atoms with van der Waals surface area (Å²) in [5.41, 5.74) is 6.72. The van der Waals surface area contributed by atoms with Crippen LogP contribution in [0.4, 0.5) is 0 Å². The summed E-state index contributed by atoms with van der Waals surface area (Å²) in [7, 11) is 0. The van der Waals surface area contributed by atoms with Gasteiger partial charge in [-0.05, 0) is 18.4 Å². The van der Waals surface area contributed by atoms with Crippen LogP contribution >= 0.6 is 0 Å². The normalized spacial score (nSPS) is 21.2. The molecule has 4 heteroatoms. The summed E-state index contributed by atoms with van der Waals surface area (Å²) in [5, 5.41) is 1.39. The van der Waals surface area contributed by atoms with Gasteiger partial charge in [-0.3, -0.25) is 9.63 Å². The second kappa shape index (κ2) is 5.09. The Morgan fingerprint density at radius 2 is 2.12 bits per heavy atom. The number of nitrogens with two attached hydrogens (primary N) is 1. The molecule has 0 radical (unpaired) electrons. The van der Waals surface area contributed by atoms with Crippen LogP contribution in [0.1, 0.15) is 18.4 Å². The highest BCUT2D eigenvalue weighted by atomic mass is 16.7. The first-order valence-electron chi connectivity index (χ1n) is 5.51. The number of hydrogen-bond donors (Lipinski definition) is 1. The van der Waals surface area contributed by atoms with Crippen molar-refractivity contribution < 1.29 is 9.63 Å². The van der Waals surface area contributed by atoms with Crippen molar-refractivity contribution in [1.82, 2.24) is 5.06 Å². The van der Waals surface area contributed by atoms with Crippen molar-refractivity contribution in [2.24, 2.45) is 5.73 Å². The fourth-order valence-electron chi connectivity index (χ4n) is 1.73. The molecule has 0 aromatic heterocycles. The molecule has 1 fully saturated rings. The summed E-state index contributed by atoms with van der Waals surface area (Å²) in [6.45, 7) is 1.05. The smallest absolute Gasteiger partial charge is 0.263 e. The SMILES string of the molecule is N[C@H]1CCCN(OCc2ccccc2)C1=O. The maximum atomic E-state index is 11.6. The van der Waals surface area contributed by atoms with E-state index in [-0.39, 0.29) is 5.91 Å². The molecule has 1 aromatic rings. The molecule has 16 heavy (non-hydrogen) atoms. The first kappa shape index (κ1) is 11.1. The number of rotatable bonds is 3. The Bertz CT molecular complexity index is 353. The summed E-state index contributed by atoms with van der Waals surface area (Å²) in [5.74, 6) is -0.109. The molecule has 1 saturated heterocycles. The van der Waals surface area contributed by atoms with Crippen LogP contribution in [0, 0.1) is 0 Å². The molecule has 1 aliphatic rings. The fraction of sp³-hybridized carbons (Fsp3) is 0.417. The van der Waals surface area contributed by atoms with Gasteiger partial charge in [0, 0.05) is 6.54 Å². The molecule has 1 amide bonds. The van der Waals surface area contributed by atoms with E-state index >= 15 is 0 Å². The predicted octanol–water partition coefficient (Wildman–Crippen LogP) is 1.07. The number of amides is 1. The van der Waals surface area contributed by atoms with Crippen LogP contribution in [-0.4, -0.2) is 23.6 Å². The fourth-order valence-corrected chi connectivity index (χ4v) is 1.73. The van der Waals surface area contributed by atoms with Crippen LogP contribution in [0.2, 0.25) is 0 Å². The molecule has 0 spiro atoms. The summed E-state index contributed by atoms with van der Waals surface area (Å²) < 4.78 is 0. The molecular formula is C12H16N2O2. The maximum Gasteiger partial charge on any atom is 0.263 e. The number of carbonyl (C=O) groups is 1. The van der Waals surface area contributed by atoms with Gasteiger partial charge in [0.1, 0.15) is 6.61 Å². The molecule has 0 aliphatic carbocycles. The minimum absolute atomic E-state index is 0.109. The lowest BCUT2D eigenvalue weighted by molar-refractivity contribution is -0.198. The largest absolute Gasteiger partial charge is 0.320 e. The second-order valence-corrected chi connectivity index (χ2v) is 3.95. The van der Waals surface area contributed by atoms with E-state index in [1.54, 1.807) is 0 Å². The van der Waals surface area contributed by atoms with Gasteiger partial charge in [-0.25, -0.2) is 5.06 Å². The van der Waals surface area contributed by atoms with Crippen molar-refractivity contribution in [2.45, 2.75) is 25.5 Å². The van der Waals surface area contributed by atoms with Gasteiger partial charge in [-0.1, -0.05) is 30.3 Å². The number of benzene rings is 1. The van der Waals surface area contributed by atoms with Crippen LogP contribution in [0.3, 0.4) is 0 Å². The third kappa shape index (κ3) is 2.59. The molecule has 0 saturated carbocycles. The maximum absolute atomic E-state index is 11.6. The lowest BCUT2D eigenvalue weighted by Crippen LogP contribution is -2.48. The third-order valence-corrected chi connectivity index (χ3v) is 2.67. The van der Waals surface area contributed by atoms with E-state index in [1.807, 2.05) is 30.3 Å². The van der Waals surface area contributed by atoms with Crippen molar-refractivity contribution in [1.29, 1.82) is 0 Å². The summed E-state index contributed by atoms with van der Waals surface area (Å²) in [6, 6.07) is 9.38. The van der Waals surface area contributed by atoms with E-state index < -0.39 is 6.04 Å². The van der Waals surface area contributed by atoms with Gasteiger partial charge in [0.2, 0.25) is 0 Å². The minimum atomic E-state index is -0.399. The van der Waals surface area contributed by atoms with Crippen LogP contribution in [0.5, 0.6) is 0 Å². The van der Waals surface area contributed by atoms with Gasteiger partial charge < -0.3 is 5.73 Å². The molecule has 2 rings (SSSR count). The monoisotopic (exact) mass is 220 g/mol. The molecule has 1 aliphatic heterocycles. The van der Waals surface area contributed by atoms with E-state index in [0.29, 0.717) is 13.2 Å². The molecule has 0 unspecified atom stereocenters. The van der Waals surface area contributed by atoms with Gasteiger partial charge in [0.25, 0.3) is 5.91 Å². The minimum Gasteiger partial charge on any atom is -0.320 e. The molecule has 1 heterocycles. The van der Waals surface area contributed by atoms with Crippen molar-refractivity contribution in [3.8, 4) is 0 Å². The standard InChI is InChI=1S/C12H16N2O2/c13-11-7-4-8-14(12(11)15)16-9-10-5-2-1-3-6-10/h1-3,5-6,11H,4,7-9,13H2/t11-/m0/s1. The number of nitrogens with zero attached hydrogens (tertiary/aromatic N) is 1. The highest BCUT2D eigenvalue weighted by molar-refractivity contribution is 5.81. The first-order valence-corrected chi connectivity index (χ1v) is 5.51. The zero-order valence-electron chi connectivity index (χ0n) is 9.13. The number of hydroxylamine groups is 2. The number of piperidine rings is 1. The predicted molar refractivity (Wildman–Crippen MR) is 60.2 cm³/mol. The van der Waals surface area contributed by atoms with Gasteiger partial charge >= 0.3 is 0 Å². The van der Waals surface area contributed by atoms with Crippen LogP contribution in [-0.2, 0) is 16.2 Å². The Morgan fingerprint density at radius 1 is 1.38 bits per heavy atom. The van der Waals surface area contributed by atoms with Crippen molar-refractivity contribution in [3.63, 3.8) is 0 Å². The van der Waals surface area contributed by atoms with Crippen molar-refractivity contribution >= 4 is 5.91 Å². The molecule has 86 valence electrons. The summed E-state index contributed by atoms with van der Waals surface area (Å²) in [6.07, 6.45) is 1.66. The Balaban J connectivity index is 1.88. The lowest BCUT2D eigenvalue weighted by atomic mass is 10.1. The Kier molecular flexibility index (Phi) is 3.54. The molecular weight excluding hydrogens is 204 g/mol. The third-order valence-electron chi connectivity index (χ3n) is 2.67. The van der Waals surface area contributed by atoms with Gasteiger partial charge in [-0.2, -0.15) is 0 Å². The zero-order chi connectivity index (χ0) is 11.4. The Morgan fingerprint density at radius 3 is 2.88 bits per heavy atom. The highest BCUT2D eigenvalue weighted by Crippen LogP contribution is 2.12. The van der Waals surface area contributed by atoms with E-state index in [2.05, 4.69) is 0 Å². The quantitative estimate of drug-likeness (QED) is 0.829. The van der Waals surface area contributed by atoms with Gasteiger partial charge in [-0.15, -0.1) is 0 Å². The van der Waals surface area contributed by atoms with Gasteiger partial charge in [0.15, 0.2) is 0 Å². The number of hydrogen-bond acceptors (Lipinski definition) is 3. The van der Waals surface area contributed by atoms with Gasteiger partial charge in [0.05, 0.1) is 6.04 Å². The van der Waals surface area contributed by atoms with E-state index in [0.717, 1.165) is 18.4 Å². The van der Waals surface area contributed by atoms with E-state index in [4.69, 9.17) is 10.6 Å².